The molecule has 2 aromatic heterocycles. The number of hydrogen-bond acceptors (Lipinski definition) is 6. The molecule has 0 atom stereocenters. The topological polar surface area (TPSA) is 86.1 Å². The van der Waals surface area contributed by atoms with Crippen molar-refractivity contribution in [1.29, 1.82) is 5.26 Å². The molecule has 134 valence electrons. The summed E-state index contributed by atoms with van der Waals surface area (Å²) < 4.78 is 0. The predicted octanol–water partition coefficient (Wildman–Crippen LogP) is 3.53. The lowest BCUT2D eigenvalue weighted by Crippen LogP contribution is -2.35. The van der Waals surface area contributed by atoms with Gasteiger partial charge in [0.15, 0.2) is 5.13 Å². The van der Waals surface area contributed by atoms with E-state index in [0.717, 1.165) is 10.6 Å². The third-order valence-electron chi connectivity index (χ3n) is 4.22. The van der Waals surface area contributed by atoms with Crippen LogP contribution in [0.3, 0.4) is 0 Å². The molecule has 2 amide bonds. The minimum Gasteiger partial charge on any atom is -0.333 e. The van der Waals surface area contributed by atoms with Crippen molar-refractivity contribution in [1.82, 2.24) is 9.88 Å². The molecular weight excluding hydrogens is 380 g/mol. The molecule has 4 rings (SSSR count). The zero-order valence-electron chi connectivity index (χ0n) is 14.1. The van der Waals surface area contributed by atoms with E-state index in [1.54, 1.807) is 35.2 Å². The van der Waals surface area contributed by atoms with Crippen molar-refractivity contribution in [2.24, 2.45) is 0 Å². The summed E-state index contributed by atoms with van der Waals surface area (Å²) in [6, 6.07) is 12.4. The van der Waals surface area contributed by atoms with E-state index in [9.17, 15) is 9.59 Å². The van der Waals surface area contributed by atoms with Gasteiger partial charge in [-0.2, -0.15) is 5.26 Å². The lowest BCUT2D eigenvalue weighted by molar-refractivity contribution is 0.0736. The van der Waals surface area contributed by atoms with Crippen molar-refractivity contribution in [2.75, 3.05) is 11.9 Å². The van der Waals surface area contributed by atoms with Crippen LogP contribution in [0.4, 0.5) is 5.13 Å². The maximum Gasteiger partial charge on any atom is 0.267 e. The summed E-state index contributed by atoms with van der Waals surface area (Å²) >= 11 is 2.78. The number of carbonyl (C=O) groups is 2. The van der Waals surface area contributed by atoms with Gasteiger partial charge in [0.25, 0.3) is 11.8 Å². The molecule has 0 aliphatic carbocycles. The number of nitriles is 1. The fourth-order valence-electron chi connectivity index (χ4n) is 2.89. The molecule has 0 radical (unpaired) electrons. The number of aromatic nitrogens is 1. The molecule has 8 heteroatoms. The Bertz CT molecular complexity index is 1050. The maximum absolute atomic E-state index is 12.8. The number of fused-ring (bicyclic) bond motifs is 1. The monoisotopic (exact) mass is 394 g/mol. The van der Waals surface area contributed by atoms with Gasteiger partial charge in [0.2, 0.25) is 0 Å². The van der Waals surface area contributed by atoms with E-state index < -0.39 is 0 Å². The van der Waals surface area contributed by atoms with Crippen LogP contribution in [-0.2, 0) is 13.0 Å². The molecule has 3 heterocycles. The fourth-order valence-corrected chi connectivity index (χ4v) is 4.53. The molecule has 0 fully saturated rings. The minimum absolute atomic E-state index is 0.102. The van der Waals surface area contributed by atoms with Crippen LogP contribution < -0.4 is 5.32 Å². The third kappa shape index (κ3) is 3.60. The van der Waals surface area contributed by atoms with Gasteiger partial charge in [-0.1, -0.05) is 23.5 Å². The molecule has 0 spiro atoms. The first kappa shape index (κ1) is 17.4. The van der Waals surface area contributed by atoms with Crippen LogP contribution in [0.25, 0.3) is 0 Å². The molecule has 6 nitrogen and oxygen atoms in total. The van der Waals surface area contributed by atoms with Crippen molar-refractivity contribution >= 4 is 39.6 Å². The number of benzene rings is 1. The van der Waals surface area contributed by atoms with Crippen LogP contribution in [0.15, 0.2) is 41.8 Å². The molecule has 0 saturated carbocycles. The summed E-state index contributed by atoms with van der Waals surface area (Å²) in [7, 11) is 0. The standard InChI is InChI=1S/C19H14N4O2S2/c20-10-12-3-1-4-13(9-12)18(25)23-7-6-14-16(11-23)27-19(21-14)22-17(24)15-5-2-8-26-15/h1-5,8-9H,6-7,11H2,(H,21,22,24). The number of thiophene rings is 1. The zero-order valence-corrected chi connectivity index (χ0v) is 15.8. The molecule has 1 aromatic carbocycles. The van der Waals surface area contributed by atoms with Gasteiger partial charge in [0.1, 0.15) is 0 Å². The molecule has 0 saturated heterocycles. The number of thiazole rings is 1. The van der Waals surface area contributed by atoms with Gasteiger partial charge in [0, 0.05) is 23.4 Å². The first-order valence-corrected chi connectivity index (χ1v) is 9.96. The fraction of sp³-hybridized carbons (Fsp3) is 0.158. The molecule has 3 aromatic rings. The molecule has 27 heavy (non-hydrogen) atoms. The Morgan fingerprint density at radius 3 is 2.93 bits per heavy atom. The van der Waals surface area contributed by atoms with E-state index >= 15 is 0 Å². The molecule has 0 unspecified atom stereocenters. The van der Waals surface area contributed by atoms with Crippen LogP contribution in [0.1, 0.15) is 36.2 Å². The second-order valence-corrected chi connectivity index (χ2v) is 8.02. The summed E-state index contributed by atoms with van der Waals surface area (Å²) in [5.74, 6) is -0.271. The van der Waals surface area contributed by atoms with Gasteiger partial charge in [-0.3, -0.25) is 14.9 Å². The smallest absolute Gasteiger partial charge is 0.267 e. The van der Waals surface area contributed by atoms with E-state index in [0.29, 0.717) is 40.6 Å². The molecule has 1 aliphatic heterocycles. The second kappa shape index (κ2) is 7.31. The van der Waals surface area contributed by atoms with Gasteiger partial charge in [0.05, 0.1) is 28.7 Å². The maximum atomic E-state index is 12.8. The number of hydrogen-bond donors (Lipinski definition) is 1. The van der Waals surface area contributed by atoms with Crippen molar-refractivity contribution in [3.05, 3.63) is 68.4 Å². The SMILES string of the molecule is N#Cc1cccc(C(=O)N2CCc3nc(NC(=O)c4cccs4)sc3C2)c1. The highest BCUT2D eigenvalue weighted by molar-refractivity contribution is 7.16. The van der Waals surface area contributed by atoms with Crippen molar-refractivity contribution in [3.63, 3.8) is 0 Å². The van der Waals surface area contributed by atoms with Crippen LogP contribution in [0, 0.1) is 11.3 Å². The highest BCUT2D eigenvalue weighted by atomic mass is 32.1. The van der Waals surface area contributed by atoms with Crippen molar-refractivity contribution < 1.29 is 9.59 Å². The second-order valence-electron chi connectivity index (χ2n) is 5.99. The van der Waals surface area contributed by atoms with E-state index in [1.807, 2.05) is 11.4 Å². The van der Waals surface area contributed by atoms with Gasteiger partial charge in [-0.05, 0) is 29.6 Å². The van der Waals surface area contributed by atoms with Gasteiger partial charge < -0.3 is 4.90 Å². The normalized spacial score (nSPS) is 12.9. The quantitative estimate of drug-likeness (QED) is 0.736. The molecular formula is C19H14N4O2S2. The van der Waals surface area contributed by atoms with Gasteiger partial charge in [-0.25, -0.2) is 4.98 Å². The Hall–Kier alpha value is -3.02. The lowest BCUT2D eigenvalue weighted by Gasteiger charge is -2.26. The average Bonchev–Trinajstić information content (AvgIpc) is 3.36. The Kier molecular flexibility index (Phi) is 4.71. The number of nitrogens with one attached hydrogen (secondary N) is 1. The highest BCUT2D eigenvalue weighted by Gasteiger charge is 2.25. The molecule has 1 N–H and O–H groups in total. The summed E-state index contributed by atoms with van der Waals surface area (Å²) in [5.41, 5.74) is 1.90. The van der Waals surface area contributed by atoms with Gasteiger partial charge in [-0.15, -0.1) is 11.3 Å². The van der Waals surface area contributed by atoms with Crippen LogP contribution in [-0.4, -0.2) is 28.2 Å². The Morgan fingerprint density at radius 2 is 2.15 bits per heavy atom. The first-order valence-electron chi connectivity index (χ1n) is 8.27. The summed E-state index contributed by atoms with van der Waals surface area (Å²) in [6.45, 7) is 1.02. The summed E-state index contributed by atoms with van der Waals surface area (Å²) in [4.78, 5) is 32.8. The number of amides is 2. The van der Waals surface area contributed by atoms with Crippen LogP contribution in [0.2, 0.25) is 0 Å². The van der Waals surface area contributed by atoms with Gasteiger partial charge >= 0.3 is 0 Å². The van der Waals surface area contributed by atoms with E-state index in [4.69, 9.17) is 5.26 Å². The third-order valence-corrected chi connectivity index (χ3v) is 6.09. The van der Waals surface area contributed by atoms with E-state index in [2.05, 4.69) is 16.4 Å². The molecule has 1 aliphatic rings. The minimum atomic E-state index is -0.169. The highest BCUT2D eigenvalue weighted by Crippen LogP contribution is 2.29. The van der Waals surface area contributed by atoms with Crippen molar-refractivity contribution in [2.45, 2.75) is 13.0 Å². The van der Waals surface area contributed by atoms with E-state index in [-0.39, 0.29) is 11.8 Å². The Balaban J connectivity index is 1.48. The summed E-state index contributed by atoms with van der Waals surface area (Å²) in [5, 5.41) is 14.3. The average molecular weight is 394 g/mol. The number of carbonyl (C=O) groups excluding carboxylic acids is 2. The number of nitrogens with zero attached hydrogens (tertiary/aromatic N) is 3. The number of rotatable bonds is 3. The Labute approximate surface area is 163 Å². The van der Waals surface area contributed by atoms with Crippen LogP contribution in [0.5, 0.6) is 0 Å². The first-order chi connectivity index (χ1) is 13.1. The largest absolute Gasteiger partial charge is 0.333 e. The summed E-state index contributed by atoms with van der Waals surface area (Å²) in [6.07, 6.45) is 0.643. The predicted molar refractivity (Wildman–Crippen MR) is 104 cm³/mol. The van der Waals surface area contributed by atoms with E-state index in [1.165, 1.54) is 22.7 Å². The molecule has 0 bridgehead atoms. The number of anilines is 1. The van der Waals surface area contributed by atoms with Crippen LogP contribution >= 0.6 is 22.7 Å². The Morgan fingerprint density at radius 1 is 1.26 bits per heavy atom. The van der Waals surface area contributed by atoms with Crippen molar-refractivity contribution in [3.8, 4) is 6.07 Å². The lowest BCUT2D eigenvalue weighted by atomic mass is 10.1. The zero-order chi connectivity index (χ0) is 18.8.